The second-order valence-electron chi connectivity index (χ2n) is 10.5. The summed E-state index contributed by atoms with van der Waals surface area (Å²) in [7, 11) is 2.15. The minimum atomic E-state index is -0.605. The van der Waals surface area contributed by atoms with Gasteiger partial charge in [-0.05, 0) is 64.6 Å². The van der Waals surface area contributed by atoms with Gasteiger partial charge in [0.25, 0.3) is 5.91 Å². The Hall–Kier alpha value is -2.05. The van der Waals surface area contributed by atoms with Gasteiger partial charge in [-0.1, -0.05) is 25.7 Å². The van der Waals surface area contributed by atoms with E-state index in [1.54, 1.807) is 0 Å². The zero-order valence-electron chi connectivity index (χ0n) is 20.1. The molecular formula is C27H38N2O4. The number of amides is 1. The molecule has 1 aliphatic heterocycles. The Bertz CT molecular complexity index is 1000. The van der Waals surface area contributed by atoms with Crippen LogP contribution in [0.1, 0.15) is 98.4 Å². The standard InChI is InChI=1S/C27H38N2O4/c1-18-23-21(11-12-22-24(23)20(30)17-27(33-22)13-7-4-8-14-27)32-25(18)26(31)28-15-16-29(2)19-9-5-3-6-10-19/h11-12,19-20,30H,3-10,13-17H2,1-2H3,(H,28,31)/t20-/m1/s1. The Morgan fingerprint density at radius 1 is 1.15 bits per heavy atom. The molecule has 180 valence electrons. The van der Waals surface area contributed by atoms with Crippen LogP contribution in [0.2, 0.25) is 0 Å². The highest BCUT2D eigenvalue weighted by Crippen LogP contribution is 2.49. The zero-order valence-corrected chi connectivity index (χ0v) is 20.1. The van der Waals surface area contributed by atoms with Crippen molar-refractivity contribution in [2.24, 2.45) is 0 Å². The summed E-state index contributed by atoms with van der Waals surface area (Å²) < 4.78 is 12.5. The predicted molar refractivity (Wildman–Crippen MR) is 129 cm³/mol. The van der Waals surface area contributed by atoms with Crippen LogP contribution in [0.5, 0.6) is 5.75 Å². The Labute approximate surface area is 196 Å². The smallest absolute Gasteiger partial charge is 0.287 e. The average molecular weight is 455 g/mol. The summed E-state index contributed by atoms with van der Waals surface area (Å²) in [4.78, 5) is 15.3. The molecule has 1 amide bonds. The molecule has 6 heteroatoms. The van der Waals surface area contributed by atoms with Crippen LogP contribution < -0.4 is 10.1 Å². The molecule has 2 heterocycles. The number of benzene rings is 1. The molecule has 5 rings (SSSR count). The fourth-order valence-electron chi connectivity index (χ4n) is 6.35. The van der Waals surface area contributed by atoms with Crippen LogP contribution in [0.4, 0.5) is 0 Å². The topological polar surface area (TPSA) is 74.9 Å². The van der Waals surface area contributed by atoms with Crippen LogP contribution in [0.3, 0.4) is 0 Å². The van der Waals surface area contributed by atoms with Gasteiger partial charge in [0.15, 0.2) is 5.76 Å². The second-order valence-corrected chi connectivity index (χ2v) is 10.5. The minimum absolute atomic E-state index is 0.190. The van der Waals surface area contributed by atoms with Gasteiger partial charge in [-0.3, -0.25) is 4.79 Å². The molecule has 2 N–H and O–H groups in total. The molecule has 0 saturated heterocycles. The van der Waals surface area contributed by atoms with Gasteiger partial charge in [-0.15, -0.1) is 0 Å². The van der Waals surface area contributed by atoms with Gasteiger partial charge in [0.1, 0.15) is 16.9 Å². The quantitative estimate of drug-likeness (QED) is 0.645. The third kappa shape index (κ3) is 4.40. The van der Waals surface area contributed by atoms with Gasteiger partial charge in [0, 0.05) is 42.1 Å². The van der Waals surface area contributed by atoms with E-state index in [0.29, 0.717) is 30.4 Å². The summed E-state index contributed by atoms with van der Waals surface area (Å²) in [5.74, 6) is 0.890. The molecular weight excluding hydrogens is 416 g/mol. The number of rotatable bonds is 5. The van der Waals surface area contributed by atoms with Crippen molar-refractivity contribution < 1.29 is 19.1 Å². The maximum Gasteiger partial charge on any atom is 0.287 e. The molecule has 0 unspecified atom stereocenters. The molecule has 2 aromatic rings. The van der Waals surface area contributed by atoms with Crippen molar-refractivity contribution in [1.82, 2.24) is 10.2 Å². The van der Waals surface area contributed by atoms with Gasteiger partial charge in [-0.2, -0.15) is 0 Å². The number of carbonyl (C=O) groups is 1. The Morgan fingerprint density at radius 3 is 2.64 bits per heavy atom. The number of carbonyl (C=O) groups excluding carboxylic acids is 1. The van der Waals surface area contributed by atoms with Crippen molar-refractivity contribution in [2.75, 3.05) is 20.1 Å². The maximum atomic E-state index is 13.0. The van der Waals surface area contributed by atoms with Crippen molar-refractivity contribution in [3.05, 3.63) is 29.0 Å². The SMILES string of the molecule is Cc1c(C(=O)NCCN(C)C2CCCCC2)oc2ccc3c(c12)[C@H](O)CC1(CCCCC1)O3. The van der Waals surface area contributed by atoms with Gasteiger partial charge in [-0.25, -0.2) is 0 Å². The summed E-state index contributed by atoms with van der Waals surface area (Å²) in [6.07, 6.45) is 12.0. The highest BCUT2D eigenvalue weighted by atomic mass is 16.5. The molecule has 1 spiro atoms. The Morgan fingerprint density at radius 2 is 1.88 bits per heavy atom. The number of fused-ring (bicyclic) bond motifs is 3. The van der Waals surface area contributed by atoms with Crippen molar-refractivity contribution in [3.8, 4) is 5.75 Å². The lowest BCUT2D eigenvalue weighted by atomic mass is 9.77. The first-order chi connectivity index (χ1) is 16.0. The Balaban J connectivity index is 1.31. The maximum absolute atomic E-state index is 13.0. The summed E-state index contributed by atoms with van der Waals surface area (Å²) in [6, 6.07) is 4.41. The van der Waals surface area contributed by atoms with E-state index in [2.05, 4.69) is 17.3 Å². The van der Waals surface area contributed by atoms with E-state index in [4.69, 9.17) is 9.15 Å². The largest absolute Gasteiger partial charge is 0.487 e. The zero-order chi connectivity index (χ0) is 23.0. The van der Waals surface area contributed by atoms with Crippen molar-refractivity contribution in [2.45, 2.75) is 95.3 Å². The summed E-state index contributed by atoms with van der Waals surface area (Å²) in [6.45, 7) is 3.33. The summed E-state index contributed by atoms with van der Waals surface area (Å²) >= 11 is 0. The fourth-order valence-corrected chi connectivity index (χ4v) is 6.35. The van der Waals surface area contributed by atoms with E-state index in [0.717, 1.165) is 54.5 Å². The van der Waals surface area contributed by atoms with E-state index >= 15 is 0 Å². The third-order valence-electron chi connectivity index (χ3n) is 8.24. The van der Waals surface area contributed by atoms with Crippen molar-refractivity contribution in [1.29, 1.82) is 0 Å². The molecule has 1 atom stereocenters. The average Bonchev–Trinajstić information content (AvgIpc) is 3.16. The van der Waals surface area contributed by atoms with Crippen LogP contribution >= 0.6 is 0 Å². The number of nitrogens with one attached hydrogen (secondary N) is 1. The number of aryl methyl sites for hydroxylation is 1. The lowest BCUT2D eigenvalue weighted by Crippen LogP contribution is -2.42. The third-order valence-corrected chi connectivity index (χ3v) is 8.24. The molecule has 2 fully saturated rings. The van der Waals surface area contributed by atoms with Gasteiger partial charge < -0.3 is 24.5 Å². The molecule has 0 radical (unpaired) electrons. The Kier molecular flexibility index (Phi) is 6.41. The normalized spacial score (nSPS) is 23.0. The van der Waals surface area contributed by atoms with Gasteiger partial charge in [0.2, 0.25) is 0 Å². The predicted octanol–water partition coefficient (Wildman–Crippen LogP) is 5.25. The summed E-state index contributed by atoms with van der Waals surface area (Å²) in [5, 5.41) is 15.0. The lowest BCUT2D eigenvalue weighted by Gasteiger charge is -2.43. The van der Waals surface area contributed by atoms with Crippen LogP contribution in [-0.2, 0) is 0 Å². The number of ether oxygens (including phenoxy) is 1. The van der Waals surface area contributed by atoms with E-state index in [1.165, 1.54) is 38.5 Å². The van der Waals surface area contributed by atoms with Crippen LogP contribution in [0.25, 0.3) is 11.0 Å². The minimum Gasteiger partial charge on any atom is -0.487 e. The number of likely N-dealkylation sites (N-methyl/N-ethyl adjacent to an activating group) is 1. The molecule has 1 aromatic carbocycles. The number of hydrogen-bond donors (Lipinski definition) is 2. The van der Waals surface area contributed by atoms with Crippen molar-refractivity contribution >= 4 is 16.9 Å². The highest BCUT2D eigenvalue weighted by molar-refractivity contribution is 6.00. The molecule has 33 heavy (non-hydrogen) atoms. The van der Waals surface area contributed by atoms with Gasteiger partial charge in [0.05, 0.1) is 6.10 Å². The number of aliphatic hydroxyl groups is 1. The van der Waals surface area contributed by atoms with E-state index in [9.17, 15) is 9.90 Å². The molecule has 3 aliphatic rings. The molecule has 2 aliphatic carbocycles. The van der Waals surface area contributed by atoms with E-state index in [1.807, 2.05) is 19.1 Å². The number of aliphatic hydroxyl groups excluding tert-OH is 1. The molecule has 2 saturated carbocycles. The highest BCUT2D eigenvalue weighted by Gasteiger charge is 2.42. The summed E-state index contributed by atoms with van der Waals surface area (Å²) in [5.41, 5.74) is 1.95. The first-order valence-electron chi connectivity index (χ1n) is 12.9. The van der Waals surface area contributed by atoms with E-state index < -0.39 is 6.10 Å². The molecule has 1 aromatic heterocycles. The monoisotopic (exact) mass is 454 g/mol. The van der Waals surface area contributed by atoms with Crippen molar-refractivity contribution in [3.63, 3.8) is 0 Å². The number of nitrogens with zero attached hydrogens (tertiary/aromatic N) is 1. The second kappa shape index (κ2) is 9.30. The first-order valence-corrected chi connectivity index (χ1v) is 12.9. The van der Waals surface area contributed by atoms with Gasteiger partial charge >= 0.3 is 0 Å². The van der Waals surface area contributed by atoms with Crippen LogP contribution in [-0.4, -0.2) is 47.7 Å². The molecule has 6 nitrogen and oxygen atoms in total. The number of furan rings is 1. The lowest BCUT2D eigenvalue weighted by molar-refractivity contribution is -0.0373. The molecule has 0 bridgehead atoms. The first kappa shape index (κ1) is 22.7. The van der Waals surface area contributed by atoms with Crippen LogP contribution in [0, 0.1) is 6.92 Å². The number of hydrogen-bond acceptors (Lipinski definition) is 5. The van der Waals surface area contributed by atoms with Crippen LogP contribution in [0.15, 0.2) is 16.5 Å². The fraction of sp³-hybridized carbons (Fsp3) is 0.667. The van der Waals surface area contributed by atoms with E-state index in [-0.39, 0.29) is 11.5 Å².